The van der Waals surface area contributed by atoms with Crippen LogP contribution < -0.4 is 0 Å². The summed E-state index contributed by atoms with van der Waals surface area (Å²) in [6.07, 6.45) is 1.51. The van der Waals surface area contributed by atoms with Gasteiger partial charge in [0.15, 0.2) is 0 Å². The van der Waals surface area contributed by atoms with Crippen LogP contribution in [0.2, 0.25) is 0 Å². The van der Waals surface area contributed by atoms with Gasteiger partial charge in [0.05, 0.1) is 18.8 Å². The molecule has 0 spiro atoms. The summed E-state index contributed by atoms with van der Waals surface area (Å²) in [6.45, 7) is 3.04. The number of aliphatic hydroxyl groups is 1. The summed E-state index contributed by atoms with van der Waals surface area (Å²) in [4.78, 5) is 2.16. The smallest absolute Gasteiger partial charge is 0.0739 e. The molecule has 1 aliphatic rings. The monoisotopic (exact) mass is 203 g/mol. The molecule has 4 heteroatoms. The van der Waals surface area contributed by atoms with Gasteiger partial charge in [-0.25, -0.2) is 0 Å². The van der Waals surface area contributed by atoms with Crippen molar-refractivity contribution in [1.82, 2.24) is 4.90 Å². The predicted octanol–water partition coefficient (Wildman–Crippen LogP) is 0.104. The van der Waals surface area contributed by atoms with Gasteiger partial charge in [-0.3, -0.25) is 4.90 Å². The molecule has 0 radical (unpaired) electrons. The zero-order chi connectivity index (χ0) is 10.4. The largest absolute Gasteiger partial charge is 0.391 e. The highest BCUT2D eigenvalue weighted by Gasteiger charge is 2.26. The van der Waals surface area contributed by atoms with Crippen molar-refractivity contribution in [2.24, 2.45) is 0 Å². The topological polar surface area (TPSA) is 41.9 Å². The molecule has 0 aromatic carbocycles. The van der Waals surface area contributed by atoms with Gasteiger partial charge >= 0.3 is 0 Å². The minimum Gasteiger partial charge on any atom is -0.391 e. The molecule has 1 aliphatic heterocycles. The van der Waals surface area contributed by atoms with Crippen molar-refractivity contribution in [1.29, 1.82) is 0 Å². The molecular weight excluding hydrogens is 182 g/mol. The van der Waals surface area contributed by atoms with Crippen molar-refractivity contribution >= 4 is 0 Å². The number of ether oxygens (including phenoxy) is 2. The van der Waals surface area contributed by atoms with E-state index < -0.39 is 0 Å². The molecule has 1 saturated heterocycles. The molecule has 1 N–H and O–H groups in total. The number of rotatable bonds is 5. The third-order valence-corrected chi connectivity index (χ3v) is 2.72. The van der Waals surface area contributed by atoms with Crippen LogP contribution in [-0.2, 0) is 9.47 Å². The number of likely N-dealkylation sites (N-methyl/N-ethyl adjacent to an activating group) is 1. The fraction of sp³-hybridized carbons (Fsp3) is 1.00. The Kier molecular flexibility index (Phi) is 5.40. The summed E-state index contributed by atoms with van der Waals surface area (Å²) in [5.74, 6) is 0. The summed E-state index contributed by atoms with van der Waals surface area (Å²) >= 11 is 0. The maximum absolute atomic E-state index is 9.74. The Hall–Kier alpha value is -0.160. The predicted molar refractivity (Wildman–Crippen MR) is 54.4 cm³/mol. The maximum atomic E-state index is 9.74. The zero-order valence-electron chi connectivity index (χ0n) is 9.11. The van der Waals surface area contributed by atoms with Gasteiger partial charge in [0, 0.05) is 26.9 Å². The van der Waals surface area contributed by atoms with E-state index in [-0.39, 0.29) is 12.1 Å². The molecule has 14 heavy (non-hydrogen) atoms. The summed E-state index contributed by atoms with van der Waals surface area (Å²) in [6, 6.07) is 0.153. The van der Waals surface area contributed by atoms with Gasteiger partial charge in [0.1, 0.15) is 0 Å². The van der Waals surface area contributed by atoms with Gasteiger partial charge in [-0.1, -0.05) is 0 Å². The normalized spacial score (nSPS) is 28.3. The first-order valence-electron chi connectivity index (χ1n) is 5.20. The molecule has 84 valence electrons. The summed E-state index contributed by atoms with van der Waals surface area (Å²) in [5.41, 5.74) is 0. The van der Waals surface area contributed by atoms with Gasteiger partial charge in [-0.15, -0.1) is 0 Å². The molecule has 0 bridgehead atoms. The van der Waals surface area contributed by atoms with Crippen LogP contribution in [0.1, 0.15) is 12.8 Å². The van der Waals surface area contributed by atoms with Gasteiger partial charge in [-0.05, 0) is 19.9 Å². The van der Waals surface area contributed by atoms with Gasteiger partial charge in [0.2, 0.25) is 0 Å². The Bertz CT molecular complexity index is 154. The van der Waals surface area contributed by atoms with E-state index >= 15 is 0 Å². The second-order valence-electron chi connectivity index (χ2n) is 3.83. The SMILES string of the molecule is COCCCN(C)C1COCCC1O. The first kappa shape index (κ1) is 11.9. The van der Waals surface area contributed by atoms with Crippen molar-refractivity contribution in [2.75, 3.05) is 40.5 Å². The van der Waals surface area contributed by atoms with Crippen LogP contribution in [0.5, 0.6) is 0 Å². The Balaban J connectivity index is 2.23. The van der Waals surface area contributed by atoms with Crippen LogP contribution >= 0.6 is 0 Å². The van der Waals surface area contributed by atoms with E-state index in [1.165, 1.54) is 0 Å². The molecule has 4 nitrogen and oxygen atoms in total. The van der Waals surface area contributed by atoms with Crippen molar-refractivity contribution in [3.8, 4) is 0 Å². The minimum absolute atomic E-state index is 0.153. The maximum Gasteiger partial charge on any atom is 0.0739 e. The van der Waals surface area contributed by atoms with Gasteiger partial charge < -0.3 is 14.6 Å². The highest BCUT2D eigenvalue weighted by atomic mass is 16.5. The Labute approximate surface area is 85.8 Å². The molecule has 0 aromatic heterocycles. The first-order chi connectivity index (χ1) is 6.75. The van der Waals surface area contributed by atoms with E-state index in [9.17, 15) is 5.11 Å². The van der Waals surface area contributed by atoms with Crippen LogP contribution in [0, 0.1) is 0 Å². The lowest BCUT2D eigenvalue weighted by Gasteiger charge is -2.34. The average Bonchev–Trinajstić information content (AvgIpc) is 2.18. The van der Waals surface area contributed by atoms with E-state index in [1.807, 2.05) is 7.05 Å². The van der Waals surface area contributed by atoms with Crippen LogP contribution in [0.4, 0.5) is 0 Å². The number of hydrogen-bond donors (Lipinski definition) is 1. The minimum atomic E-state index is -0.240. The fourth-order valence-electron chi connectivity index (χ4n) is 1.76. The molecule has 0 aromatic rings. The van der Waals surface area contributed by atoms with E-state index in [1.54, 1.807) is 7.11 Å². The fourth-order valence-corrected chi connectivity index (χ4v) is 1.76. The molecule has 1 heterocycles. The van der Waals surface area contributed by atoms with Crippen molar-refractivity contribution in [2.45, 2.75) is 25.0 Å². The van der Waals surface area contributed by atoms with Gasteiger partial charge in [-0.2, -0.15) is 0 Å². The second-order valence-corrected chi connectivity index (χ2v) is 3.83. The molecule has 0 amide bonds. The lowest BCUT2D eigenvalue weighted by molar-refractivity contribution is -0.0551. The number of hydrogen-bond acceptors (Lipinski definition) is 4. The third kappa shape index (κ3) is 3.53. The highest BCUT2D eigenvalue weighted by molar-refractivity contribution is 4.79. The summed E-state index contributed by atoms with van der Waals surface area (Å²) < 4.78 is 10.3. The standard InChI is InChI=1S/C10H21NO3/c1-11(5-3-6-13-2)9-8-14-7-4-10(9)12/h9-10,12H,3-8H2,1-2H3. The van der Waals surface area contributed by atoms with E-state index in [0.717, 1.165) is 26.0 Å². The van der Waals surface area contributed by atoms with Crippen LogP contribution in [0.15, 0.2) is 0 Å². The Morgan fingerprint density at radius 1 is 1.57 bits per heavy atom. The summed E-state index contributed by atoms with van der Waals surface area (Å²) in [7, 11) is 3.73. The van der Waals surface area contributed by atoms with Crippen LogP contribution in [0.25, 0.3) is 0 Å². The second kappa shape index (κ2) is 6.35. The van der Waals surface area contributed by atoms with Gasteiger partial charge in [0.25, 0.3) is 0 Å². The molecule has 1 rings (SSSR count). The van der Waals surface area contributed by atoms with Crippen LogP contribution in [0.3, 0.4) is 0 Å². The molecule has 1 fully saturated rings. The van der Waals surface area contributed by atoms with Crippen molar-refractivity contribution in [3.05, 3.63) is 0 Å². The lowest BCUT2D eigenvalue weighted by Crippen LogP contribution is -2.48. The van der Waals surface area contributed by atoms with E-state index in [2.05, 4.69) is 4.90 Å². The van der Waals surface area contributed by atoms with E-state index in [0.29, 0.717) is 13.2 Å². The number of aliphatic hydroxyl groups excluding tert-OH is 1. The zero-order valence-corrected chi connectivity index (χ0v) is 9.11. The molecule has 2 unspecified atom stereocenters. The van der Waals surface area contributed by atoms with E-state index in [4.69, 9.17) is 9.47 Å². The Morgan fingerprint density at radius 3 is 3.00 bits per heavy atom. The molecule has 2 atom stereocenters. The van der Waals surface area contributed by atoms with Crippen molar-refractivity contribution in [3.63, 3.8) is 0 Å². The molecule has 0 saturated carbocycles. The Morgan fingerprint density at radius 2 is 2.36 bits per heavy atom. The van der Waals surface area contributed by atoms with Crippen molar-refractivity contribution < 1.29 is 14.6 Å². The number of methoxy groups -OCH3 is 1. The average molecular weight is 203 g/mol. The quantitative estimate of drug-likeness (QED) is 0.644. The molecule has 0 aliphatic carbocycles. The summed E-state index contributed by atoms with van der Waals surface area (Å²) in [5, 5.41) is 9.74. The third-order valence-electron chi connectivity index (χ3n) is 2.72. The first-order valence-corrected chi connectivity index (χ1v) is 5.20. The molecular formula is C10H21NO3. The lowest BCUT2D eigenvalue weighted by atomic mass is 10.1. The number of nitrogens with zero attached hydrogens (tertiary/aromatic N) is 1. The highest BCUT2D eigenvalue weighted by Crippen LogP contribution is 2.12. The van der Waals surface area contributed by atoms with Crippen LogP contribution in [-0.4, -0.2) is 62.7 Å².